The third kappa shape index (κ3) is 2.20. The second kappa shape index (κ2) is 4.91. The average Bonchev–Trinajstić information content (AvgIpc) is 2.74. The zero-order valence-corrected chi connectivity index (χ0v) is 10.4. The van der Waals surface area contributed by atoms with E-state index in [2.05, 4.69) is 37.3 Å². The predicted molar refractivity (Wildman–Crippen MR) is 51.6 cm³/mol. The first-order valence-electron chi connectivity index (χ1n) is 4.58. The Morgan fingerprint density at radius 1 is 1.46 bits per heavy atom. The molecule has 0 spiro atoms. The van der Waals surface area contributed by atoms with Gasteiger partial charge in [0.15, 0.2) is 0 Å². The molecule has 0 radical (unpaired) electrons. The molecule has 0 fully saturated rings. The van der Waals surface area contributed by atoms with Gasteiger partial charge in [-0.3, -0.25) is 0 Å². The van der Waals surface area contributed by atoms with Crippen molar-refractivity contribution in [1.82, 2.24) is 0 Å². The van der Waals surface area contributed by atoms with Crippen LogP contribution < -0.4 is 0 Å². The van der Waals surface area contributed by atoms with E-state index in [1.165, 1.54) is 16.7 Å². The summed E-state index contributed by atoms with van der Waals surface area (Å²) in [6.45, 7) is 2.21. The number of rotatable bonds is 2. The summed E-state index contributed by atoms with van der Waals surface area (Å²) in [5.41, 5.74) is 4.30. The Balaban J connectivity index is 0.000000845. The maximum atomic E-state index is 3.42. The molecule has 0 aromatic heterocycles. The zero-order valence-electron chi connectivity index (χ0n) is 7.93. The molecule has 0 aliphatic heterocycles. The summed E-state index contributed by atoms with van der Waals surface area (Å²) in [4.78, 5) is 0. The monoisotopic (exact) mass is 247 g/mol. The van der Waals surface area contributed by atoms with Crippen LogP contribution in [0.1, 0.15) is 26.2 Å². The molecule has 0 nitrogen and oxygen atoms in total. The van der Waals surface area contributed by atoms with Gasteiger partial charge in [-0.2, -0.15) is 17.2 Å². The summed E-state index contributed by atoms with van der Waals surface area (Å²) in [5, 5.41) is 0. The van der Waals surface area contributed by atoms with Crippen molar-refractivity contribution >= 4 is 0 Å². The fourth-order valence-corrected chi connectivity index (χ4v) is 1.77. The summed E-state index contributed by atoms with van der Waals surface area (Å²) in [6, 6.07) is 0. The van der Waals surface area contributed by atoms with Crippen molar-refractivity contribution in [2.45, 2.75) is 26.2 Å². The van der Waals surface area contributed by atoms with Gasteiger partial charge < -0.3 is 0 Å². The van der Waals surface area contributed by atoms with Gasteiger partial charge in [0.1, 0.15) is 0 Å². The first kappa shape index (κ1) is 10.9. The number of hydrogen-bond donors (Lipinski definition) is 0. The van der Waals surface area contributed by atoms with Gasteiger partial charge in [0.2, 0.25) is 0 Å². The first-order chi connectivity index (χ1) is 5.92. The van der Waals surface area contributed by atoms with E-state index in [1.807, 2.05) is 0 Å². The topological polar surface area (TPSA) is 0 Å². The third-order valence-electron chi connectivity index (χ3n) is 2.42. The number of allylic oxidation sites excluding steroid dienone is 8. The molecule has 0 bridgehead atoms. The Morgan fingerprint density at radius 3 is 2.92 bits per heavy atom. The maximum Gasteiger partial charge on any atom is 0 e. The summed E-state index contributed by atoms with van der Waals surface area (Å²) in [7, 11) is 0. The molecule has 0 N–H and O–H groups in total. The average molecular weight is 248 g/mol. The minimum absolute atomic E-state index is 0. The van der Waals surface area contributed by atoms with Crippen molar-refractivity contribution < 1.29 is 26.2 Å². The molecule has 0 unspecified atom stereocenters. The van der Waals surface area contributed by atoms with Crippen molar-refractivity contribution in [2.75, 3.05) is 0 Å². The van der Waals surface area contributed by atoms with Crippen LogP contribution in [0.5, 0.6) is 0 Å². The molecule has 0 saturated heterocycles. The van der Waals surface area contributed by atoms with E-state index >= 15 is 0 Å². The van der Waals surface area contributed by atoms with Crippen LogP contribution in [0.3, 0.4) is 0 Å². The van der Waals surface area contributed by atoms with E-state index in [4.69, 9.17) is 0 Å². The Hall–Kier alpha value is -0.157. The van der Waals surface area contributed by atoms with Crippen molar-refractivity contribution in [3.8, 4) is 0 Å². The second-order valence-corrected chi connectivity index (χ2v) is 3.16. The van der Waals surface area contributed by atoms with Gasteiger partial charge in [0, 0.05) is 26.2 Å². The molecule has 0 aromatic rings. The van der Waals surface area contributed by atoms with Crippen LogP contribution in [0, 0.1) is 6.08 Å². The van der Waals surface area contributed by atoms with Crippen LogP contribution in [0.25, 0.3) is 0 Å². The van der Waals surface area contributed by atoms with Gasteiger partial charge in [0.25, 0.3) is 0 Å². The minimum atomic E-state index is 0. The van der Waals surface area contributed by atoms with E-state index in [9.17, 15) is 0 Å². The fourth-order valence-electron chi connectivity index (χ4n) is 1.77. The van der Waals surface area contributed by atoms with E-state index < -0.39 is 0 Å². The third-order valence-corrected chi connectivity index (χ3v) is 2.42. The van der Waals surface area contributed by atoms with Crippen molar-refractivity contribution in [1.29, 1.82) is 0 Å². The molecule has 0 aromatic carbocycles. The Morgan fingerprint density at radius 2 is 2.31 bits per heavy atom. The molecule has 0 heterocycles. The molecule has 0 saturated carbocycles. The molecule has 13 heavy (non-hydrogen) atoms. The molecule has 2 aliphatic carbocycles. The van der Waals surface area contributed by atoms with E-state index in [0.717, 1.165) is 19.3 Å². The van der Waals surface area contributed by atoms with Crippen LogP contribution in [-0.4, -0.2) is 0 Å². The molecule has 1 heteroatoms. The normalized spacial score (nSPS) is 19.3. The quantitative estimate of drug-likeness (QED) is 0.658. The molecule has 66 valence electrons. The van der Waals surface area contributed by atoms with Crippen molar-refractivity contribution in [3.05, 3.63) is 47.1 Å². The molecule has 0 amide bonds. The SMILES string of the molecule is CCC1=CC[C-]=C1C1=CC=CC1.[Zr]. The van der Waals surface area contributed by atoms with E-state index in [-0.39, 0.29) is 26.2 Å². The van der Waals surface area contributed by atoms with Crippen LogP contribution in [0.15, 0.2) is 41.0 Å². The standard InChI is InChI=1S/C12H13.Zr/c1-2-10-8-5-9-12(10)11-6-3-4-7-11;/h3-4,6,8H,2,5,7H2,1H3;/q-1;. The fraction of sp³-hybridized carbons (Fsp3) is 0.333. The first-order valence-corrected chi connectivity index (χ1v) is 4.58. The van der Waals surface area contributed by atoms with Gasteiger partial charge in [-0.15, -0.1) is 17.7 Å². The molecule has 2 aliphatic rings. The largest absolute Gasteiger partial charge is 0.197 e. The summed E-state index contributed by atoms with van der Waals surface area (Å²) >= 11 is 0. The maximum absolute atomic E-state index is 3.42. The zero-order chi connectivity index (χ0) is 8.39. The summed E-state index contributed by atoms with van der Waals surface area (Å²) in [6.07, 6.45) is 15.5. The van der Waals surface area contributed by atoms with E-state index in [0.29, 0.717) is 0 Å². The van der Waals surface area contributed by atoms with Gasteiger partial charge >= 0.3 is 0 Å². The van der Waals surface area contributed by atoms with Gasteiger partial charge in [0.05, 0.1) is 0 Å². The van der Waals surface area contributed by atoms with Crippen LogP contribution in [-0.2, 0) is 26.2 Å². The van der Waals surface area contributed by atoms with Crippen molar-refractivity contribution in [2.24, 2.45) is 0 Å². The van der Waals surface area contributed by atoms with E-state index in [1.54, 1.807) is 0 Å². The minimum Gasteiger partial charge on any atom is -0.197 e. The Kier molecular flexibility index (Phi) is 4.12. The molecule has 2 rings (SSSR count). The predicted octanol–water partition coefficient (Wildman–Crippen LogP) is 3.34. The Bertz CT molecular complexity index is 303. The van der Waals surface area contributed by atoms with Crippen LogP contribution in [0.2, 0.25) is 0 Å². The second-order valence-electron chi connectivity index (χ2n) is 3.16. The van der Waals surface area contributed by atoms with Crippen molar-refractivity contribution in [3.63, 3.8) is 0 Å². The summed E-state index contributed by atoms with van der Waals surface area (Å²) in [5.74, 6) is 0. The smallest absolute Gasteiger partial charge is 0 e. The number of hydrogen-bond acceptors (Lipinski definition) is 0. The molecular weight excluding hydrogens is 235 g/mol. The van der Waals surface area contributed by atoms with Crippen LogP contribution in [0.4, 0.5) is 0 Å². The van der Waals surface area contributed by atoms with Crippen LogP contribution >= 0.6 is 0 Å². The molecule has 0 atom stereocenters. The van der Waals surface area contributed by atoms with Gasteiger partial charge in [-0.1, -0.05) is 38.3 Å². The van der Waals surface area contributed by atoms with Gasteiger partial charge in [-0.05, 0) is 0 Å². The summed E-state index contributed by atoms with van der Waals surface area (Å²) < 4.78 is 0. The van der Waals surface area contributed by atoms with Gasteiger partial charge in [-0.25, -0.2) is 0 Å². The molecular formula is C12H13Zr-. The Labute approximate surface area is 99.2 Å².